The molecule has 0 aliphatic heterocycles. The Labute approximate surface area is 117 Å². The van der Waals surface area contributed by atoms with E-state index in [-0.39, 0.29) is 29.6 Å². The Morgan fingerprint density at radius 2 is 1.67 bits per heavy atom. The minimum atomic E-state index is -1.92. The second-order valence-electron chi connectivity index (χ2n) is 2.90. The number of fused-ring (bicyclic) bond motifs is 1. The maximum absolute atomic E-state index is 10.8. The number of hydrogen-bond donors (Lipinski definition) is 1. The number of rotatable bonds is 1. The molecule has 0 saturated carbocycles. The van der Waals surface area contributed by atoms with Crippen LogP contribution in [-0.4, -0.2) is 38.3 Å². The van der Waals surface area contributed by atoms with E-state index >= 15 is 0 Å². The van der Waals surface area contributed by atoms with Gasteiger partial charge in [0.1, 0.15) is 0 Å². The van der Waals surface area contributed by atoms with E-state index in [0.29, 0.717) is 9.92 Å². The third-order valence-corrected chi connectivity index (χ3v) is 2.87. The predicted octanol–water partition coefficient (Wildman–Crippen LogP) is 2.43. The van der Waals surface area contributed by atoms with Crippen molar-refractivity contribution in [2.45, 2.75) is 4.90 Å². The molecule has 0 aromatic heterocycles. The SMILES string of the molecule is O=S(O)c1ccc2cc(Cl)ccc2c1.[NaH]. The molecule has 15 heavy (non-hydrogen) atoms. The van der Waals surface area contributed by atoms with Crippen molar-refractivity contribution in [3.05, 3.63) is 41.4 Å². The van der Waals surface area contributed by atoms with Crippen molar-refractivity contribution in [2.75, 3.05) is 0 Å². The van der Waals surface area contributed by atoms with Gasteiger partial charge >= 0.3 is 29.6 Å². The van der Waals surface area contributed by atoms with Gasteiger partial charge in [-0.15, -0.1) is 0 Å². The van der Waals surface area contributed by atoms with E-state index in [4.69, 9.17) is 16.2 Å². The van der Waals surface area contributed by atoms with Crippen LogP contribution in [0.1, 0.15) is 0 Å². The number of hydrogen-bond acceptors (Lipinski definition) is 1. The minimum absolute atomic E-state index is 0. The predicted molar refractivity (Wildman–Crippen MR) is 65.1 cm³/mol. The molecule has 0 aliphatic rings. The van der Waals surface area contributed by atoms with E-state index in [1.54, 1.807) is 24.3 Å². The maximum atomic E-state index is 10.8. The Morgan fingerprint density at radius 3 is 2.33 bits per heavy atom. The fourth-order valence-corrected chi connectivity index (χ4v) is 1.90. The summed E-state index contributed by atoms with van der Waals surface area (Å²) in [7, 11) is 0. The van der Waals surface area contributed by atoms with Crippen LogP contribution in [0.3, 0.4) is 0 Å². The molecule has 2 rings (SSSR count). The van der Waals surface area contributed by atoms with Gasteiger partial charge in [0.05, 0.1) is 4.90 Å². The molecule has 0 bridgehead atoms. The van der Waals surface area contributed by atoms with Crippen LogP contribution in [0.15, 0.2) is 41.3 Å². The molecule has 2 aromatic carbocycles. The van der Waals surface area contributed by atoms with Crippen molar-refractivity contribution in [1.82, 2.24) is 0 Å². The molecule has 5 heteroatoms. The third-order valence-electron chi connectivity index (χ3n) is 1.98. The van der Waals surface area contributed by atoms with Crippen molar-refractivity contribution in [2.24, 2.45) is 0 Å². The van der Waals surface area contributed by atoms with Gasteiger partial charge in [0.15, 0.2) is 11.1 Å². The van der Waals surface area contributed by atoms with Gasteiger partial charge in [-0.2, -0.15) is 0 Å². The van der Waals surface area contributed by atoms with Gasteiger partial charge in [-0.25, -0.2) is 4.21 Å². The summed E-state index contributed by atoms with van der Waals surface area (Å²) in [4.78, 5) is 0.403. The fraction of sp³-hybridized carbons (Fsp3) is 0. The van der Waals surface area contributed by atoms with E-state index in [1.165, 1.54) is 0 Å². The first-order chi connectivity index (χ1) is 6.66. The number of benzene rings is 2. The first-order valence-corrected chi connectivity index (χ1v) is 5.45. The second kappa shape index (κ2) is 5.43. The molecule has 74 valence electrons. The number of halogens is 1. The molecule has 1 N–H and O–H groups in total. The first kappa shape index (κ1) is 13.2. The molecular formula is C10H8ClNaO2S. The van der Waals surface area contributed by atoms with Crippen LogP contribution in [0, 0.1) is 0 Å². The van der Waals surface area contributed by atoms with Crippen LogP contribution >= 0.6 is 11.6 Å². The molecule has 1 unspecified atom stereocenters. The van der Waals surface area contributed by atoms with Crippen molar-refractivity contribution >= 4 is 63.0 Å². The van der Waals surface area contributed by atoms with E-state index in [2.05, 4.69) is 0 Å². The summed E-state index contributed by atoms with van der Waals surface area (Å²) in [6.45, 7) is 0. The average Bonchev–Trinajstić information content (AvgIpc) is 2.16. The van der Waals surface area contributed by atoms with Crippen LogP contribution in [0.5, 0.6) is 0 Å². The topological polar surface area (TPSA) is 37.3 Å². The summed E-state index contributed by atoms with van der Waals surface area (Å²) >= 11 is 3.89. The van der Waals surface area contributed by atoms with Gasteiger partial charge in [0, 0.05) is 5.02 Å². The molecule has 0 heterocycles. The molecule has 0 amide bonds. The van der Waals surface area contributed by atoms with Gasteiger partial charge in [0.2, 0.25) is 0 Å². The molecule has 0 aliphatic carbocycles. The van der Waals surface area contributed by atoms with E-state index in [1.807, 2.05) is 12.1 Å². The Kier molecular flexibility index (Phi) is 4.77. The van der Waals surface area contributed by atoms with Crippen LogP contribution < -0.4 is 0 Å². The molecule has 2 aromatic rings. The van der Waals surface area contributed by atoms with Crippen LogP contribution in [0.4, 0.5) is 0 Å². The van der Waals surface area contributed by atoms with E-state index in [9.17, 15) is 4.21 Å². The van der Waals surface area contributed by atoms with Crippen molar-refractivity contribution in [1.29, 1.82) is 0 Å². The first-order valence-electron chi connectivity index (χ1n) is 3.97. The molecule has 0 fully saturated rings. The van der Waals surface area contributed by atoms with Gasteiger partial charge in [-0.05, 0) is 35.0 Å². The van der Waals surface area contributed by atoms with Gasteiger partial charge in [0.25, 0.3) is 0 Å². The Hall–Kier alpha value is 0.100. The van der Waals surface area contributed by atoms with E-state index in [0.717, 1.165) is 10.8 Å². The summed E-state index contributed by atoms with van der Waals surface area (Å²) in [5.74, 6) is 0. The summed E-state index contributed by atoms with van der Waals surface area (Å²) in [5, 5.41) is 2.54. The Balaban J connectivity index is 0.00000112. The van der Waals surface area contributed by atoms with Gasteiger partial charge < -0.3 is 4.55 Å². The zero-order chi connectivity index (χ0) is 10.1. The quantitative estimate of drug-likeness (QED) is 0.624. The van der Waals surface area contributed by atoms with Gasteiger partial charge in [-0.3, -0.25) is 0 Å². The Morgan fingerprint density at radius 1 is 1.07 bits per heavy atom. The van der Waals surface area contributed by atoms with Crippen molar-refractivity contribution in [3.8, 4) is 0 Å². The van der Waals surface area contributed by atoms with Gasteiger partial charge in [-0.1, -0.05) is 23.7 Å². The molecule has 1 atom stereocenters. The molecular weight excluding hydrogens is 243 g/mol. The summed E-state index contributed by atoms with van der Waals surface area (Å²) in [6, 6.07) is 10.5. The summed E-state index contributed by atoms with van der Waals surface area (Å²) in [5.41, 5.74) is 0. The molecule has 0 radical (unpaired) electrons. The zero-order valence-electron chi connectivity index (χ0n) is 7.11. The zero-order valence-corrected chi connectivity index (χ0v) is 8.68. The van der Waals surface area contributed by atoms with Crippen molar-refractivity contribution < 1.29 is 8.76 Å². The fourth-order valence-electron chi connectivity index (χ4n) is 1.30. The molecule has 0 spiro atoms. The monoisotopic (exact) mass is 250 g/mol. The average molecular weight is 251 g/mol. The molecule has 2 nitrogen and oxygen atoms in total. The summed E-state index contributed by atoms with van der Waals surface area (Å²) < 4.78 is 19.7. The van der Waals surface area contributed by atoms with Crippen LogP contribution in [-0.2, 0) is 11.1 Å². The Bertz CT molecular complexity index is 516. The normalized spacial score (nSPS) is 12.1. The molecule has 0 saturated heterocycles. The standard InChI is InChI=1S/C10H7ClO2S.Na.H/c11-9-3-1-8-6-10(14(12)13)4-2-7(8)5-9;;/h1-6H,(H,12,13);;. The third kappa shape index (κ3) is 3.03. The van der Waals surface area contributed by atoms with Crippen LogP contribution in [0.2, 0.25) is 5.02 Å². The second-order valence-corrected chi connectivity index (χ2v) is 4.31. The summed E-state index contributed by atoms with van der Waals surface area (Å²) in [6.07, 6.45) is 0. The van der Waals surface area contributed by atoms with Crippen LogP contribution in [0.25, 0.3) is 10.8 Å². The van der Waals surface area contributed by atoms with E-state index < -0.39 is 11.1 Å². The van der Waals surface area contributed by atoms with Crippen molar-refractivity contribution in [3.63, 3.8) is 0 Å².